The molecule has 0 spiro atoms. The zero-order valence-electron chi connectivity index (χ0n) is 12.9. The normalized spacial score (nSPS) is 22.7. The summed E-state index contributed by atoms with van der Waals surface area (Å²) in [6.07, 6.45) is -1.06. The standard InChI is InChI=1S/C12H21Br6O4P/c1-7(10(16)4-13)20-23(19,21-8(2)11(17)5-14)22-9(3)12(18)6-15/h7-12H,4-6H2,1-3H3. The molecule has 0 aliphatic carbocycles. The van der Waals surface area contributed by atoms with Crippen LogP contribution in [0.2, 0.25) is 0 Å². The number of phosphoric acid groups is 1. The summed E-state index contributed by atoms with van der Waals surface area (Å²) in [5.41, 5.74) is 0. The first-order valence-electron chi connectivity index (χ1n) is 6.85. The summed E-state index contributed by atoms with van der Waals surface area (Å²) in [6, 6.07) is 0. The third-order valence-electron chi connectivity index (χ3n) is 2.86. The highest BCUT2D eigenvalue weighted by Crippen LogP contribution is 2.54. The summed E-state index contributed by atoms with van der Waals surface area (Å²) in [7, 11) is -3.74. The van der Waals surface area contributed by atoms with E-state index in [1.54, 1.807) is 0 Å². The monoisotopic (exact) mass is 734 g/mol. The lowest BCUT2D eigenvalue weighted by atomic mass is 10.3. The molecule has 4 nitrogen and oxygen atoms in total. The molecule has 0 aliphatic heterocycles. The highest BCUT2D eigenvalue weighted by molar-refractivity contribution is 9.12. The zero-order chi connectivity index (χ0) is 18.2. The molecule has 23 heavy (non-hydrogen) atoms. The SMILES string of the molecule is CC(OP(=O)(OC(C)C(Br)CBr)OC(C)C(Br)CBr)C(Br)CBr. The fraction of sp³-hybridized carbons (Fsp3) is 1.00. The number of phosphoric ester groups is 1. The Hall–Kier alpha value is 2.99. The third kappa shape index (κ3) is 10.2. The van der Waals surface area contributed by atoms with E-state index in [1.807, 2.05) is 20.8 Å². The van der Waals surface area contributed by atoms with Crippen molar-refractivity contribution in [2.24, 2.45) is 0 Å². The largest absolute Gasteiger partial charge is 0.475 e. The Morgan fingerprint density at radius 1 is 0.696 bits per heavy atom. The average Bonchev–Trinajstić information content (AvgIpc) is 2.51. The minimum Gasteiger partial charge on any atom is -0.283 e. The van der Waals surface area contributed by atoms with Crippen molar-refractivity contribution in [1.82, 2.24) is 0 Å². The topological polar surface area (TPSA) is 44.8 Å². The zero-order valence-corrected chi connectivity index (χ0v) is 23.3. The molecule has 0 bridgehead atoms. The molecule has 6 unspecified atom stereocenters. The van der Waals surface area contributed by atoms with Crippen LogP contribution in [0.3, 0.4) is 0 Å². The maximum absolute atomic E-state index is 13.1. The molecule has 0 rings (SSSR count). The van der Waals surface area contributed by atoms with Gasteiger partial charge in [0.2, 0.25) is 0 Å². The first-order chi connectivity index (χ1) is 10.6. The number of hydrogen-bond acceptors (Lipinski definition) is 4. The van der Waals surface area contributed by atoms with E-state index in [0.717, 1.165) is 0 Å². The van der Waals surface area contributed by atoms with E-state index in [0.29, 0.717) is 16.0 Å². The lowest BCUT2D eigenvalue weighted by Crippen LogP contribution is -2.29. The average molecular weight is 740 g/mol. The molecule has 6 atom stereocenters. The van der Waals surface area contributed by atoms with Crippen molar-refractivity contribution in [3.05, 3.63) is 0 Å². The minimum atomic E-state index is -3.74. The Bertz CT molecular complexity index is 325. The van der Waals surface area contributed by atoms with Crippen LogP contribution in [0.5, 0.6) is 0 Å². The highest BCUT2D eigenvalue weighted by Gasteiger charge is 2.37. The molecule has 0 aromatic heterocycles. The first kappa shape index (κ1) is 26.0. The smallest absolute Gasteiger partial charge is 0.283 e. The first-order valence-corrected chi connectivity index (χ1v) is 14.4. The highest BCUT2D eigenvalue weighted by atomic mass is 79.9. The van der Waals surface area contributed by atoms with Crippen LogP contribution in [0.4, 0.5) is 0 Å². The van der Waals surface area contributed by atoms with E-state index in [4.69, 9.17) is 13.6 Å². The molecule has 140 valence electrons. The van der Waals surface area contributed by atoms with Crippen molar-refractivity contribution >= 4 is 103 Å². The second-order valence-electron chi connectivity index (χ2n) is 4.89. The van der Waals surface area contributed by atoms with E-state index >= 15 is 0 Å². The van der Waals surface area contributed by atoms with Crippen LogP contribution in [0.15, 0.2) is 0 Å². The van der Waals surface area contributed by atoms with Crippen LogP contribution >= 0.6 is 103 Å². The number of hydrogen-bond donors (Lipinski definition) is 0. The van der Waals surface area contributed by atoms with Crippen molar-refractivity contribution in [3.8, 4) is 0 Å². The van der Waals surface area contributed by atoms with Crippen LogP contribution in [0, 0.1) is 0 Å². The Balaban J connectivity index is 5.14. The predicted molar refractivity (Wildman–Crippen MR) is 119 cm³/mol. The van der Waals surface area contributed by atoms with Gasteiger partial charge in [0.05, 0.1) is 32.8 Å². The van der Waals surface area contributed by atoms with Crippen LogP contribution in [0.25, 0.3) is 0 Å². The molecular formula is C12H21Br6O4P. The van der Waals surface area contributed by atoms with E-state index in [1.165, 1.54) is 0 Å². The third-order valence-corrected chi connectivity index (χ3v) is 12.5. The fourth-order valence-electron chi connectivity index (χ4n) is 1.26. The van der Waals surface area contributed by atoms with Gasteiger partial charge in [-0.15, -0.1) is 0 Å². The second kappa shape index (κ2) is 13.2. The molecule has 0 fully saturated rings. The van der Waals surface area contributed by atoms with Gasteiger partial charge in [0.15, 0.2) is 0 Å². The van der Waals surface area contributed by atoms with Gasteiger partial charge in [-0.25, -0.2) is 4.57 Å². The van der Waals surface area contributed by atoms with E-state index in [2.05, 4.69) is 95.6 Å². The molecule has 0 radical (unpaired) electrons. The van der Waals surface area contributed by atoms with Gasteiger partial charge in [-0.05, 0) is 20.8 Å². The number of alkyl halides is 6. The lowest BCUT2D eigenvalue weighted by Gasteiger charge is -2.30. The molecule has 0 amide bonds. The van der Waals surface area contributed by atoms with Crippen molar-refractivity contribution < 1.29 is 18.1 Å². The lowest BCUT2D eigenvalue weighted by molar-refractivity contribution is 0.0465. The molecule has 0 N–H and O–H groups in total. The van der Waals surface area contributed by atoms with Gasteiger partial charge in [0, 0.05) is 16.0 Å². The molecule has 0 aromatic carbocycles. The summed E-state index contributed by atoms with van der Waals surface area (Å²) in [5, 5.41) is 1.97. The molecule has 11 heteroatoms. The maximum atomic E-state index is 13.1. The van der Waals surface area contributed by atoms with Crippen LogP contribution in [0.1, 0.15) is 20.8 Å². The van der Waals surface area contributed by atoms with Gasteiger partial charge in [-0.3, -0.25) is 13.6 Å². The molecular weight excluding hydrogens is 719 g/mol. The van der Waals surface area contributed by atoms with Crippen molar-refractivity contribution in [2.45, 2.75) is 53.6 Å². The Kier molecular flexibility index (Phi) is 14.9. The van der Waals surface area contributed by atoms with Gasteiger partial charge in [0.25, 0.3) is 0 Å². The van der Waals surface area contributed by atoms with Crippen LogP contribution in [-0.4, -0.2) is 48.8 Å². The summed E-state index contributed by atoms with van der Waals surface area (Å²) >= 11 is 20.5. The van der Waals surface area contributed by atoms with Gasteiger partial charge < -0.3 is 0 Å². The van der Waals surface area contributed by atoms with Gasteiger partial charge >= 0.3 is 7.82 Å². The van der Waals surface area contributed by atoms with Crippen molar-refractivity contribution in [1.29, 1.82) is 0 Å². The quantitative estimate of drug-likeness (QED) is 0.164. The van der Waals surface area contributed by atoms with Crippen LogP contribution in [-0.2, 0) is 18.1 Å². The van der Waals surface area contributed by atoms with E-state index in [9.17, 15) is 4.57 Å². The fourth-order valence-corrected chi connectivity index (χ4v) is 5.48. The van der Waals surface area contributed by atoms with Gasteiger partial charge in [-0.2, -0.15) is 0 Å². The van der Waals surface area contributed by atoms with Crippen LogP contribution < -0.4 is 0 Å². The summed E-state index contributed by atoms with van der Waals surface area (Å²) < 4.78 is 30.2. The number of halogens is 6. The molecule has 0 aromatic rings. The summed E-state index contributed by atoms with van der Waals surface area (Å²) in [6.45, 7) is 5.46. The number of rotatable bonds is 12. The Labute approximate surface area is 189 Å². The van der Waals surface area contributed by atoms with E-state index < -0.39 is 7.82 Å². The second-order valence-corrected chi connectivity index (χ2v) is 11.9. The molecule has 0 saturated heterocycles. The maximum Gasteiger partial charge on any atom is 0.475 e. The summed E-state index contributed by atoms with van der Waals surface area (Å²) in [5.74, 6) is 0. The Morgan fingerprint density at radius 2 is 0.913 bits per heavy atom. The Morgan fingerprint density at radius 3 is 1.09 bits per heavy atom. The summed E-state index contributed by atoms with van der Waals surface area (Å²) in [4.78, 5) is -0.0402. The van der Waals surface area contributed by atoms with E-state index in [-0.39, 0.29) is 32.8 Å². The predicted octanol–water partition coefficient (Wildman–Crippen LogP) is 6.79. The van der Waals surface area contributed by atoms with Gasteiger partial charge in [-0.1, -0.05) is 95.6 Å². The molecule has 0 saturated carbocycles. The molecule has 0 heterocycles. The molecule has 0 aliphatic rings. The minimum absolute atomic E-state index is 0.0134. The van der Waals surface area contributed by atoms with Crippen molar-refractivity contribution in [3.63, 3.8) is 0 Å². The van der Waals surface area contributed by atoms with Crippen molar-refractivity contribution in [2.75, 3.05) is 16.0 Å². The van der Waals surface area contributed by atoms with Gasteiger partial charge in [0.1, 0.15) is 0 Å².